The van der Waals surface area contributed by atoms with Gasteiger partial charge in [-0.2, -0.15) is 0 Å². The van der Waals surface area contributed by atoms with E-state index in [0.29, 0.717) is 19.1 Å². The highest BCUT2D eigenvalue weighted by Crippen LogP contribution is 2.10. The minimum atomic E-state index is 0. The number of nitrogens with one attached hydrogen (secondary N) is 2. The molecule has 1 heterocycles. The maximum absolute atomic E-state index is 11.8. The predicted molar refractivity (Wildman–Crippen MR) is 122 cm³/mol. The number of halogens is 1. The van der Waals surface area contributed by atoms with E-state index in [1.165, 1.54) is 0 Å². The van der Waals surface area contributed by atoms with Crippen molar-refractivity contribution in [2.75, 3.05) is 6.54 Å². The summed E-state index contributed by atoms with van der Waals surface area (Å²) < 4.78 is 1.70. The third-order valence-corrected chi connectivity index (χ3v) is 4.39. The Hall–Kier alpha value is -2.09. The molecule has 0 radical (unpaired) electrons. The van der Waals surface area contributed by atoms with Crippen LogP contribution in [0.4, 0.5) is 0 Å². The van der Waals surface area contributed by atoms with E-state index in [4.69, 9.17) is 0 Å². The molecule has 3 rings (SSSR count). The summed E-state index contributed by atoms with van der Waals surface area (Å²) in [5.74, 6) is 0.862. The van der Waals surface area contributed by atoms with Crippen LogP contribution < -0.4 is 16.2 Å². The second-order valence-corrected chi connectivity index (χ2v) is 6.46. The summed E-state index contributed by atoms with van der Waals surface area (Å²) in [6, 6.07) is 13.9. The molecule has 0 saturated carbocycles. The SMILES string of the molecule is CCNC(=NCc1ccc(Cn2ccccc2=O)cc1)NC1CC=CC1.I. The van der Waals surface area contributed by atoms with Crippen molar-refractivity contribution in [2.45, 2.75) is 38.9 Å². The quantitative estimate of drug-likeness (QED) is 0.290. The molecular formula is C21H27IN4O. The molecule has 27 heavy (non-hydrogen) atoms. The Balaban J connectivity index is 0.00000261. The first-order valence-corrected chi connectivity index (χ1v) is 9.17. The second-order valence-electron chi connectivity index (χ2n) is 6.46. The van der Waals surface area contributed by atoms with Gasteiger partial charge in [-0.1, -0.05) is 42.5 Å². The van der Waals surface area contributed by atoms with E-state index >= 15 is 0 Å². The van der Waals surface area contributed by atoms with Crippen molar-refractivity contribution in [3.05, 3.63) is 82.3 Å². The van der Waals surface area contributed by atoms with Crippen LogP contribution in [0.15, 0.2) is 70.6 Å². The lowest BCUT2D eigenvalue weighted by atomic mass is 10.1. The van der Waals surface area contributed by atoms with Crippen LogP contribution in [0.25, 0.3) is 0 Å². The molecule has 1 aliphatic carbocycles. The fourth-order valence-electron chi connectivity index (χ4n) is 2.96. The Bertz CT molecular complexity index is 819. The van der Waals surface area contributed by atoms with E-state index < -0.39 is 0 Å². The topological polar surface area (TPSA) is 58.4 Å². The monoisotopic (exact) mass is 478 g/mol. The molecule has 0 bridgehead atoms. The summed E-state index contributed by atoms with van der Waals surface area (Å²) in [5.41, 5.74) is 2.27. The zero-order valence-corrected chi connectivity index (χ0v) is 17.9. The second kappa shape index (κ2) is 10.9. The lowest BCUT2D eigenvalue weighted by molar-refractivity contribution is 0.633. The molecule has 2 N–H and O–H groups in total. The van der Waals surface area contributed by atoms with Crippen LogP contribution in [0.5, 0.6) is 0 Å². The van der Waals surface area contributed by atoms with Crippen molar-refractivity contribution in [2.24, 2.45) is 4.99 Å². The molecule has 0 unspecified atom stereocenters. The number of rotatable bonds is 6. The summed E-state index contributed by atoms with van der Waals surface area (Å²) >= 11 is 0. The summed E-state index contributed by atoms with van der Waals surface area (Å²) in [6.45, 7) is 4.13. The standard InChI is InChI=1S/C21H26N4O.HI/c1-2-22-21(24-19-7-3-4-8-19)23-15-17-10-12-18(13-11-17)16-25-14-6-5-9-20(25)26;/h3-6,9-14,19H,2,7-8,15-16H2,1H3,(H2,22,23,24);1H. The molecule has 0 aliphatic heterocycles. The highest BCUT2D eigenvalue weighted by atomic mass is 127. The van der Waals surface area contributed by atoms with Crippen LogP contribution in [0.2, 0.25) is 0 Å². The zero-order valence-electron chi connectivity index (χ0n) is 15.6. The maximum atomic E-state index is 11.8. The Morgan fingerprint density at radius 2 is 1.81 bits per heavy atom. The first-order chi connectivity index (χ1) is 12.7. The average Bonchev–Trinajstić information content (AvgIpc) is 3.16. The molecule has 0 saturated heterocycles. The number of hydrogen-bond acceptors (Lipinski definition) is 2. The molecule has 0 atom stereocenters. The Morgan fingerprint density at radius 3 is 2.48 bits per heavy atom. The van der Waals surface area contributed by atoms with E-state index in [1.54, 1.807) is 16.7 Å². The fraction of sp³-hybridized carbons (Fsp3) is 0.333. The van der Waals surface area contributed by atoms with Gasteiger partial charge in [0.2, 0.25) is 0 Å². The molecule has 0 spiro atoms. The lowest BCUT2D eigenvalue weighted by Gasteiger charge is -2.16. The summed E-state index contributed by atoms with van der Waals surface area (Å²) in [6.07, 6.45) is 8.33. The van der Waals surface area contributed by atoms with Crippen molar-refractivity contribution in [3.8, 4) is 0 Å². The van der Waals surface area contributed by atoms with E-state index in [1.807, 2.05) is 12.3 Å². The molecule has 5 nitrogen and oxygen atoms in total. The van der Waals surface area contributed by atoms with Gasteiger partial charge in [0, 0.05) is 24.8 Å². The largest absolute Gasteiger partial charge is 0.357 e. The van der Waals surface area contributed by atoms with Crippen LogP contribution >= 0.6 is 24.0 Å². The first kappa shape index (κ1) is 21.2. The van der Waals surface area contributed by atoms with Crippen LogP contribution in [0.1, 0.15) is 30.9 Å². The van der Waals surface area contributed by atoms with Gasteiger partial charge in [0.05, 0.1) is 13.1 Å². The number of pyridine rings is 1. The minimum Gasteiger partial charge on any atom is -0.357 e. The predicted octanol–water partition coefficient (Wildman–Crippen LogP) is 3.29. The van der Waals surface area contributed by atoms with Crippen molar-refractivity contribution in [1.29, 1.82) is 0 Å². The van der Waals surface area contributed by atoms with Gasteiger partial charge in [0.15, 0.2) is 5.96 Å². The van der Waals surface area contributed by atoms with Gasteiger partial charge in [-0.3, -0.25) is 4.79 Å². The van der Waals surface area contributed by atoms with E-state index in [9.17, 15) is 4.79 Å². The summed E-state index contributed by atoms with van der Waals surface area (Å²) in [5, 5.41) is 6.78. The van der Waals surface area contributed by atoms with Gasteiger partial charge >= 0.3 is 0 Å². The highest BCUT2D eigenvalue weighted by molar-refractivity contribution is 14.0. The van der Waals surface area contributed by atoms with Crippen molar-refractivity contribution >= 4 is 29.9 Å². The molecule has 1 aliphatic rings. The van der Waals surface area contributed by atoms with Crippen LogP contribution in [-0.2, 0) is 13.1 Å². The van der Waals surface area contributed by atoms with E-state index in [0.717, 1.165) is 36.5 Å². The number of benzene rings is 1. The molecular weight excluding hydrogens is 451 g/mol. The number of aliphatic imine (C=N–C) groups is 1. The molecule has 1 aromatic heterocycles. The van der Waals surface area contributed by atoms with Gasteiger partial charge < -0.3 is 15.2 Å². The van der Waals surface area contributed by atoms with Gasteiger partial charge in [-0.05, 0) is 37.0 Å². The van der Waals surface area contributed by atoms with Gasteiger partial charge in [-0.25, -0.2) is 4.99 Å². The minimum absolute atomic E-state index is 0. The molecule has 1 aromatic carbocycles. The lowest BCUT2D eigenvalue weighted by Crippen LogP contribution is -2.42. The molecule has 2 aromatic rings. The third-order valence-electron chi connectivity index (χ3n) is 4.39. The zero-order chi connectivity index (χ0) is 18.2. The molecule has 144 valence electrons. The number of hydrogen-bond donors (Lipinski definition) is 2. The van der Waals surface area contributed by atoms with E-state index in [2.05, 4.69) is 59.0 Å². The Morgan fingerprint density at radius 1 is 1.11 bits per heavy atom. The average molecular weight is 478 g/mol. The maximum Gasteiger partial charge on any atom is 0.250 e. The first-order valence-electron chi connectivity index (χ1n) is 9.17. The van der Waals surface area contributed by atoms with E-state index in [-0.39, 0.29) is 29.5 Å². The molecule has 0 fully saturated rings. The fourth-order valence-corrected chi connectivity index (χ4v) is 2.96. The summed E-state index contributed by atoms with van der Waals surface area (Å²) in [4.78, 5) is 16.5. The van der Waals surface area contributed by atoms with Crippen molar-refractivity contribution in [1.82, 2.24) is 15.2 Å². The number of guanidine groups is 1. The van der Waals surface area contributed by atoms with Crippen LogP contribution in [-0.4, -0.2) is 23.1 Å². The molecule has 6 heteroatoms. The van der Waals surface area contributed by atoms with Crippen molar-refractivity contribution < 1.29 is 0 Å². The van der Waals surface area contributed by atoms with Gasteiger partial charge in [0.1, 0.15) is 0 Å². The summed E-state index contributed by atoms with van der Waals surface area (Å²) in [7, 11) is 0. The normalized spacial score (nSPS) is 14.0. The number of nitrogens with zero attached hydrogens (tertiary/aromatic N) is 2. The molecule has 0 amide bonds. The third kappa shape index (κ3) is 6.53. The Kier molecular flexibility index (Phi) is 8.57. The van der Waals surface area contributed by atoms with Gasteiger partial charge in [0.25, 0.3) is 5.56 Å². The van der Waals surface area contributed by atoms with Crippen molar-refractivity contribution in [3.63, 3.8) is 0 Å². The Labute approximate surface area is 177 Å². The van der Waals surface area contributed by atoms with Crippen LogP contribution in [0, 0.1) is 0 Å². The number of aromatic nitrogens is 1. The van der Waals surface area contributed by atoms with Crippen LogP contribution in [0.3, 0.4) is 0 Å². The van der Waals surface area contributed by atoms with Gasteiger partial charge in [-0.15, -0.1) is 24.0 Å². The highest BCUT2D eigenvalue weighted by Gasteiger charge is 2.11. The smallest absolute Gasteiger partial charge is 0.250 e.